The molecule has 0 bridgehead atoms. The predicted octanol–water partition coefficient (Wildman–Crippen LogP) is -0.487. The maximum absolute atomic E-state index is 11.2. The Balaban J connectivity index is 3.21. The molecule has 1 aromatic carbocycles. The molecule has 0 spiro atoms. The van der Waals surface area contributed by atoms with Crippen LogP contribution in [0.25, 0.3) is 0 Å². The van der Waals surface area contributed by atoms with E-state index in [0.717, 1.165) is 12.3 Å². The largest absolute Gasteiger partial charge is 0.478 e. The Morgan fingerprint density at radius 1 is 1.29 bits per heavy atom. The molecule has 0 unspecified atom stereocenters. The van der Waals surface area contributed by atoms with Gasteiger partial charge in [-0.25, -0.2) is 26.8 Å². The Kier molecular flexibility index (Phi) is 4.97. The summed E-state index contributed by atoms with van der Waals surface area (Å²) in [7, 11) is -5.69. The van der Waals surface area contributed by atoms with Gasteiger partial charge in [0.2, 0.25) is 10.0 Å². The first-order valence-electron chi connectivity index (χ1n) is 5.71. The van der Waals surface area contributed by atoms with Gasteiger partial charge in [-0.15, -0.1) is 0 Å². The first-order chi connectivity index (χ1) is 9.42. The van der Waals surface area contributed by atoms with E-state index in [4.69, 9.17) is 10.2 Å². The fraction of sp³-hybridized carbons (Fsp3) is 0.364. The number of sulfone groups is 1. The zero-order valence-corrected chi connectivity index (χ0v) is 13.1. The zero-order chi connectivity index (χ0) is 16.4. The second-order valence-electron chi connectivity index (χ2n) is 4.58. The van der Waals surface area contributed by atoms with E-state index in [1.807, 2.05) is 0 Å². The Bertz CT molecular complexity index is 755. The monoisotopic (exact) mass is 336 g/mol. The Labute approximate surface area is 123 Å². The Hall–Kier alpha value is -1.65. The summed E-state index contributed by atoms with van der Waals surface area (Å²) < 4.78 is 44.7. The first-order valence-corrected chi connectivity index (χ1v) is 9.31. The highest BCUT2D eigenvalue weighted by Gasteiger charge is 2.18. The minimum absolute atomic E-state index is 0.0772. The van der Waals surface area contributed by atoms with Crippen molar-refractivity contribution in [2.24, 2.45) is 5.14 Å². The highest BCUT2D eigenvalue weighted by Crippen LogP contribution is 2.23. The van der Waals surface area contributed by atoms with Crippen LogP contribution in [0, 0.1) is 0 Å². The lowest BCUT2D eigenvalue weighted by Crippen LogP contribution is -2.26. The summed E-state index contributed by atoms with van der Waals surface area (Å²) in [6, 6.07) is 3.41. The van der Waals surface area contributed by atoms with Crippen LogP contribution in [0.1, 0.15) is 10.4 Å². The fourth-order valence-corrected chi connectivity index (χ4v) is 2.76. The average molecular weight is 336 g/mol. The number of hydrogen-bond donors (Lipinski definition) is 2. The molecule has 10 heteroatoms. The SMILES string of the molecule is CN(CCS(C)(=O)=O)c1ccc(S(N)(=O)=O)cc1C(=O)O. The predicted molar refractivity (Wildman–Crippen MR) is 77.8 cm³/mol. The molecule has 0 aliphatic rings. The van der Waals surface area contributed by atoms with E-state index in [9.17, 15) is 21.6 Å². The van der Waals surface area contributed by atoms with Gasteiger partial charge in [-0.05, 0) is 18.2 Å². The van der Waals surface area contributed by atoms with E-state index in [1.54, 1.807) is 0 Å². The summed E-state index contributed by atoms with van der Waals surface area (Å²) >= 11 is 0. The number of rotatable bonds is 6. The number of nitrogens with two attached hydrogens (primary N) is 1. The van der Waals surface area contributed by atoms with Gasteiger partial charge in [0.05, 0.1) is 21.9 Å². The number of anilines is 1. The highest BCUT2D eigenvalue weighted by molar-refractivity contribution is 7.90. The van der Waals surface area contributed by atoms with Crippen LogP contribution in [0.15, 0.2) is 23.1 Å². The second kappa shape index (κ2) is 6.00. The number of nitrogens with zero attached hydrogens (tertiary/aromatic N) is 1. The van der Waals surface area contributed by atoms with E-state index in [-0.39, 0.29) is 28.4 Å². The summed E-state index contributed by atoms with van der Waals surface area (Å²) in [5.41, 5.74) is -0.0592. The third-order valence-electron chi connectivity index (χ3n) is 2.74. The topological polar surface area (TPSA) is 135 Å². The van der Waals surface area contributed by atoms with Gasteiger partial charge >= 0.3 is 5.97 Å². The summed E-state index contributed by atoms with van der Waals surface area (Å²) in [4.78, 5) is 12.3. The van der Waals surface area contributed by atoms with E-state index < -0.39 is 25.8 Å². The van der Waals surface area contributed by atoms with Gasteiger partial charge in [-0.2, -0.15) is 0 Å². The number of benzene rings is 1. The maximum Gasteiger partial charge on any atom is 0.337 e. The van der Waals surface area contributed by atoms with E-state index in [0.29, 0.717) is 0 Å². The van der Waals surface area contributed by atoms with Crippen LogP contribution in [0.3, 0.4) is 0 Å². The van der Waals surface area contributed by atoms with Gasteiger partial charge in [-0.3, -0.25) is 0 Å². The van der Waals surface area contributed by atoms with Gasteiger partial charge in [0.15, 0.2) is 0 Å². The molecule has 0 aromatic heterocycles. The Morgan fingerprint density at radius 2 is 1.86 bits per heavy atom. The van der Waals surface area contributed by atoms with Crippen molar-refractivity contribution in [3.8, 4) is 0 Å². The molecule has 8 nitrogen and oxygen atoms in total. The van der Waals surface area contributed by atoms with Crippen molar-refractivity contribution in [1.29, 1.82) is 0 Å². The van der Waals surface area contributed by atoms with Crippen LogP contribution in [0.5, 0.6) is 0 Å². The van der Waals surface area contributed by atoms with Crippen LogP contribution in [-0.4, -0.2) is 53.5 Å². The molecule has 0 radical (unpaired) electrons. The van der Waals surface area contributed by atoms with Crippen LogP contribution in [0.2, 0.25) is 0 Å². The van der Waals surface area contributed by atoms with Gasteiger partial charge < -0.3 is 10.0 Å². The number of carboxylic acids is 1. The van der Waals surface area contributed by atoms with E-state index in [1.165, 1.54) is 24.1 Å². The van der Waals surface area contributed by atoms with Crippen molar-refractivity contribution in [3.05, 3.63) is 23.8 Å². The normalized spacial score (nSPS) is 12.1. The summed E-state index contributed by atoms with van der Waals surface area (Å²) in [6.45, 7) is 0.0772. The number of carbonyl (C=O) groups is 1. The molecule has 0 amide bonds. The molecular weight excluding hydrogens is 320 g/mol. The van der Waals surface area contributed by atoms with Crippen LogP contribution >= 0.6 is 0 Å². The number of sulfonamides is 1. The molecule has 3 N–H and O–H groups in total. The standard InChI is InChI=1S/C11H16N2O6S2/c1-13(5-6-20(2,16)17)10-4-3-8(21(12,18)19)7-9(10)11(14)15/h3-4,7H,5-6H2,1-2H3,(H,14,15)(H2,12,18,19). The Morgan fingerprint density at radius 3 is 2.29 bits per heavy atom. The lowest BCUT2D eigenvalue weighted by atomic mass is 10.1. The average Bonchev–Trinajstić information content (AvgIpc) is 2.33. The van der Waals surface area contributed by atoms with Crippen LogP contribution in [0.4, 0.5) is 5.69 Å². The first kappa shape index (κ1) is 17.4. The molecule has 0 saturated heterocycles. The lowest BCUT2D eigenvalue weighted by molar-refractivity contribution is 0.0697. The molecule has 0 heterocycles. The highest BCUT2D eigenvalue weighted by atomic mass is 32.2. The summed E-state index contributed by atoms with van der Waals surface area (Å²) in [5.74, 6) is -1.49. The maximum atomic E-state index is 11.2. The molecule has 0 fully saturated rings. The van der Waals surface area contributed by atoms with Crippen LogP contribution < -0.4 is 10.0 Å². The van der Waals surface area contributed by atoms with Crippen LogP contribution in [-0.2, 0) is 19.9 Å². The second-order valence-corrected chi connectivity index (χ2v) is 8.40. The number of primary sulfonamides is 1. The summed E-state index contributed by atoms with van der Waals surface area (Å²) in [5, 5.41) is 14.1. The lowest BCUT2D eigenvalue weighted by Gasteiger charge is -2.21. The van der Waals surface area contributed by atoms with E-state index in [2.05, 4.69) is 0 Å². The van der Waals surface area contributed by atoms with Crippen molar-refractivity contribution in [3.63, 3.8) is 0 Å². The molecular formula is C11H16N2O6S2. The van der Waals surface area contributed by atoms with Crippen molar-refractivity contribution < 1.29 is 26.7 Å². The van der Waals surface area contributed by atoms with Gasteiger partial charge in [0.25, 0.3) is 0 Å². The molecule has 118 valence electrons. The van der Waals surface area contributed by atoms with Crippen molar-refractivity contribution in [2.45, 2.75) is 4.90 Å². The van der Waals surface area contributed by atoms with Crippen molar-refractivity contribution in [2.75, 3.05) is 30.5 Å². The fourth-order valence-electron chi connectivity index (χ4n) is 1.62. The molecule has 1 aromatic rings. The molecule has 0 aliphatic carbocycles. The number of carboxylic acid groups (broad SMARTS) is 1. The summed E-state index contributed by atoms with van der Waals surface area (Å²) in [6.07, 6.45) is 1.07. The molecule has 21 heavy (non-hydrogen) atoms. The quantitative estimate of drug-likeness (QED) is 0.715. The molecule has 0 aliphatic heterocycles. The number of aromatic carboxylic acids is 1. The van der Waals surface area contributed by atoms with Crippen molar-refractivity contribution >= 4 is 31.5 Å². The zero-order valence-electron chi connectivity index (χ0n) is 11.5. The third-order valence-corrected chi connectivity index (χ3v) is 4.57. The van der Waals surface area contributed by atoms with Crippen molar-refractivity contribution in [1.82, 2.24) is 0 Å². The van der Waals surface area contributed by atoms with E-state index >= 15 is 0 Å². The third kappa shape index (κ3) is 4.99. The number of hydrogen-bond acceptors (Lipinski definition) is 6. The minimum Gasteiger partial charge on any atom is -0.478 e. The molecule has 0 atom stereocenters. The molecule has 1 rings (SSSR count). The molecule has 0 saturated carbocycles. The van der Waals surface area contributed by atoms with Gasteiger partial charge in [-0.1, -0.05) is 0 Å². The minimum atomic E-state index is -4.01. The van der Waals surface area contributed by atoms with Gasteiger partial charge in [0, 0.05) is 19.8 Å². The smallest absolute Gasteiger partial charge is 0.337 e. The van der Waals surface area contributed by atoms with Gasteiger partial charge in [0.1, 0.15) is 9.84 Å².